The standard InChI is InChI=1S/C14H22N2O3/c1-3-8-16(11-13(17)18)12(2)14(19)15-9-6-4-5-7-10-15/h1,12H,4-11H2,2H3,(H,17,18). The molecular weight excluding hydrogens is 244 g/mol. The van der Waals surface area contributed by atoms with E-state index < -0.39 is 12.0 Å². The van der Waals surface area contributed by atoms with E-state index in [0.717, 1.165) is 38.8 Å². The highest BCUT2D eigenvalue weighted by Crippen LogP contribution is 2.12. The van der Waals surface area contributed by atoms with E-state index in [9.17, 15) is 9.59 Å². The molecule has 19 heavy (non-hydrogen) atoms. The summed E-state index contributed by atoms with van der Waals surface area (Å²) < 4.78 is 0. The fourth-order valence-corrected chi connectivity index (χ4v) is 2.33. The van der Waals surface area contributed by atoms with E-state index in [4.69, 9.17) is 11.5 Å². The van der Waals surface area contributed by atoms with Gasteiger partial charge in [-0.1, -0.05) is 18.8 Å². The van der Waals surface area contributed by atoms with E-state index >= 15 is 0 Å². The van der Waals surface area contributed by atoms with Gasteiger partial charge in [0.2, 0.25) is 5.91 Å². The van der Waals surface area contributed by atoms with Gasteiger partial charge in [-0.25, -0.2) is 0 Å². The molecule has 0 spiro atoms. The molecule has 1 amide bonds. The zero-order valence-electron chi connectivity index (χ0n) is 11.5. The van der Waals surface area contributed by atoms with Crippen molar-refractivity contribution >= 4 is 11.9 Å². The SMILES string of the molecule is C#CCN(CC(=O)O)C(C)C(=O)N1CCCCCC1. The molecule has 1 aliphatic rings. The molecule has 1 heterocycles. The number of terminal acetylenes is 1. The van der Waals surface area contributed by atoms with Crippen LogP contribution in [0.4, 0.5) is 0 Å². The Morgan fingerprint density at radius 3 is 2.37 bits per heavy atom. The Morgan fingerprint density at radius 1 is 1.32 bits per heavy atom. The molecule has 0 bridgehead atoms. The van der Waals surface area contributed by atoms with Gasteiger partial charge in [0.15, 0.2) is 0 Å². The molecular formula is C14H22N2O3. The van der Waals surface area contributed by atoms with Gasteiger partial charge in [-0.2, -0.15) is 0 Å². The molecule has 1 unspecified atom stereocenters. The molecule has 1 aliphatic heterocycles. The number of hydrogen-bond donors (Lipinski definition) is 1. The van der Waals surface area contributed by atoms with Crippen LogP contribution in [0.15, 0.2) is 0 Å². The fraction of sp³-hybridized carbons (Fsp3) is 0.714. The number of amides is 1. The van der Waals surface area contributed by atoms with Gasteiger partial charge in [-0.3, -0.25) is 14.5 Å². The van der Waals surface area contributed by atoms with Gasteiger partial charge in [-0.05, 0) is 19.8 Å². The van der Waals surface area contributed by atoms with E-state index in [1.807, 2.05) is 4.90 Å². The molecule has 0 radical (unpaired) electrons. The van der Waals surface area contributed by atoms with Crippen molar-refractivity contribution in [2.75, 3.05) is 26.2 Å². The van der Waals surface area contributed by atoms with Crippen LogP contribution in [-0.2, 0) is 9.59 Å². The molecule has 0 aromatic heterocycles. The highest BCUT2D eigenvalue weighted by Gasteiger charge is 2.27. The maximum absolute atomic E-state index is 12.4. The number of carbonyl (C=O) groups is 2. The topological polar surface area (TPSA) is 60.9 Å². The van der Waals surface area contributed by atoms with Crippen molar-refractivity contribution in [2.45, 2.75) is 38.6 Å². The van der Waals surface area contributed by atoms with Gasteiger partial charge in [0.05, 0.1) is 19.1 Å². The Labute approximate surface area is 114 Å². The van der Waals surface area contributed by atoms with Crippen molar-refractivity contribution in [1.29, 1.82) is 0 Å². The summed E-state index contributed by atoms with van der Waals surface area (Å²) in [5.41, 5.74) is 0. The smallest absolute Gasteiger partial charge is 0.317 e. The normalized spacial score (nSPS) is 17.6. The van der Waals surface area contributed by atoms with E-state index in [1.54, 1.807) is 6.92 Å². The van der Waals surface area contributed by atoms with Gasteiger partial charge >= 0.3 is 5.97 Å². The van der Waals surface area contributed by atoms with Crippen molar-refractivity contribution in [1.82, 2.24) is 9.80 Å². The lowest BCUT2D eigenvalue weighted by molar-refractivity contribution is -0.141. The van der Waals surface area contributed by atoms with Gasteiger partial charge in [-0.15, -0.1) is 6.42 Å². The Morgan fingerprint density at radius 2 is 1.89 bits per heavy atom. The lowest BCUT2D eigenvalue weighted by Crippen LogP contribution is -2.49. The summed E-state index contributed by atoms with van der Waals surface area (Å²) in [6.45, 7) is 3.23. The summed E-state index contributed by atoms with van der Waals surface area (Å²) in [5.74, 6) is 1.43. The largest absolute Gasteiger partial charge is 0.480 e. The number of carboxylic acid groups (broad SMARTS) is 1. The summed E-state index contributed by atoms with van der Waals surface area (Å²) >= 11 is 0. The second-order valence-corrected chi connectivity index (χ2v) is 4.92. The summed E-state index contributed by atoms with van der Waals surface area (Å²) in [6, 6.07) is -0.481. The van der Waals surface area contributed by atoms with Crippen LogP contribution in [0.1, 0.15) is 32.6 Å². The highest BCUT2D eigenvalue weighted by molar-refractivity contribution is 5.82. The Hall–Kier alpha value is -1.54. The van der Waals surface area contributed by atoms with Crippen molar-refractivity contribution in [2.24, 2.45) is 0 Å². The average Bonchev–Trinajstić information content (AvgIpc) is 2.64. The van der Waals surface area contributed by atoms with E-state index in [2.05, 4.69) is 5.92 Å². The quantitative estimate of drug-likeness (QED) is 0.748. The van der Waals surface area contributed by atoms with Crippen molar-refractivity contribution in [3.8, 4) is 12.3 Å². The summed E-state index contributed by atoms with van der Waals surface area (Å²) in [4.78, 5) is 26.5. The molecule has 1 atom stereocenters. The van der Waals surface area contributed by atoms with Crippen LogP contribution in [0, 0.1) is 12.3 Å². The number of nitrogens with zero attached hydrogens (tertiary/aromatic N) is 2. The molecule has 5 nitrogen and oxygen atoms in total. The molecule has 1 N–H and O–H groups in total. The molecule has 106 valence electrons. The minimum absolute atomic E-state index is 0.0154. The molecule has 1 fully saturated rings. The predicted molar refractivity (Wildman–Crippen MR) is 72.6 cm³/mol. The molecule has 0 aromatic carbocycles. The van der Waals surface area contributed by atoms with E-state index in [0.29, 0.717) is 0 Å². The van der Waals surface area contributed by atoms with Crippen LogP contribution < -0.4 is 0 Å². The summed E-state index contributed by atoms with van der Waals surface area (Å²) in [6.07, 6.45) is 9.59. The number of carboxylic acids is 1. The van der Waals surface area contributed by atoms with Crippen LogP contribution in [0.25, 0.3) is 0 Å². The minimum atomic E-state index is -0.967. The second-order valence-electron chi connectivity index (χ2n) is 4.92. The number of hydrogen-bond acceptors (Lipinski definition) is 3. The highest BCUT2D eigenvalue weighted by atomic mass is 16.4. The van der Waals surface area contributed by atoms with Gasteiger partial charge in [0.1, 0.15) is 0 Å². The first kappa shape index (κ1) is 15.5. The second kappa shape index (κ2) is 7.80. The van der Waals surface area contributed by atoms with E-state index in [-0.39, 0.29) is 19.0 Å². The molecule has 1 saturated heterocycles. The average molecular weight is 266 g/mol. The third-order valence-corrected chi connectivity index (χ3v) is 3.46. The molecule has 0 aromatic rings. The van der Waals surface area contributed by atoms with Gasteiger partial charge < -0.3 is 10.0 Å². The maximum atomic E-state index is 12.4. The van der Waals surface area contributed by atoms with Crippen molar-refractivity contribution < 1.29 is 14.7 Å². The number of carbonyl (C=O) groups excluding carboxylic acids is 1. The first-order valence-corrected chi connectivity index (χ1v) is 6.74. The maximum Gasteiger partial charge on any atom is 0.317 e. The lowest BCUT2D eigenvalue weighted by Gasteiger charge is -2.30. The fourth-order valence-electron chi connectivity index (χ4n) is 2.33. The van der Waals surface area contributed by atoms with Crippen molar-refractivity contribution in [3.63, 3.8) is 0 Å². The molecule has 0 saturated carbocycles. The lowest BCUT2D eigenvalue weighted by atomic mass is 10.2. The zero-order valence-corrected chi connectivity index (χ0v) is 11.5. The van der Waals surface area contributed by atoms with Crippen LogP contribution in [-0.4, -0.2) is 59.0 Å². The molecule has 1 rings (SSSR count). The number of aliphatic carboxylic acids is 1. The molecule has 5 heteroatoms. The Balaban J connectivity index is 2.65. The van der Waals surface area contributed by atoms with Crippen LogP contribution >= 0.6 is 0 Å². The Bertz CT molecular complexity index is 354. The van der Waals surface area contributed by atoms with Crippen LogP contribution in [0.2, 0.25) is 0 Å². The first-order valence-electron chi connectivity index (χ1n) is 6.74. The first-order chi connectivity index (χ1) is 9.06. The minimum Gasteiger partial charge on any atom is -0.480 e. The zero-order chi connectivity index (χ0) is 14.3. The summed E-state index contributed by atoms with van der Waals surface area (Å²) in [5, 5.41) is 8.86. The predicted octanol–water partition coefficient (Wildman–Crippen LogP) is 0.797. The van der Waals surface area contributed by atoms with E-state index in [1.165, 1.54) is 4.90 Å². The number of likely N-dealkylation sites (tertiary alicyclic amines) is 1. The van der Waals surface area contributed by atoms with Gasteiger partial charge in [0.25, 0.3) is 0 Å². The monoisotopic (exact) mass is 266 g/mol. The van der Waals surface area contributed by atoms with Crippen LogP contribution in [0.5, 0.6) is 0 Å². The number of rotatable bonds is 5. The van der Waals surface area contributed by atoms with Crippen LogP contribution in [0.3, 0.4) is 0 Å². The van der Waals surface area contributed by atoms with Gasteiger partial charge in [0, 0.05) is 13.1 Å². The third kappa shape index (κ3) is 4.92. The molecule has 0 aliphatic carbocycles. The summed E-state index contributed by atoms with van der Waals surface area (Å²) in [7, 11) is 0. The Kier molecular flexibility index (Phi) is 6.37. The van der Waals surface area contributed by atoms with Crippen molar-refractivity contribution in [3.05, 3.63) is 0 Å². The third-order valence-electron chi connectivity index (χ3n) is 3.46.